The molecule has 0 spiro atoms. The van der Waals surface area contributed by atoms with E-state index in [-0.39, 0.29) is 35.3 Å². The van der Waals surface area contributed by atoms with Crippen LogP contribution in [0.15, 0.2) is 30.3 Å². The van der Waals surface area contributed by atoms with E-state index in [0.717, 1.165) is 6.42 Å². The molecule has 0 aliphatic heterocycles. The Morgan fingerprint density at radius 2 is 1.70 bits per heavy atom. The first-order chi connectivity index (χ1) is 8.93. The summed E-state index contributed by atoms with van der Waals surface area (Å²) in [7, 11) is 0. The molecular weight excluding hydrogens is 265 g/mol. The fourth-order valence-corrected chi connectivity index (χ4v) is 1.95. The van der Waals surface area contributed by atoms with Crippen molar-refractivity contribution in [1.29, 1.82) is 0 Å². The van der Waals surface area contributed by atoms with Crippen molar-refractivity contribution in [1.82, 2.24) is 0 Å². The Balaban J connectivity index is 0.00000361. The van der Waals surface area contributed by atoms with Crippen molar-refractivity contribution in [3.05, 3.63) is 35.9 Å². The normalized spacial score (nSPS) is 13.4. The van der Waals surface area contributed by atoms with E-state index in [9.17, 15) is 14.7 Å². The van der Waals surface area contributed by atoms with Gasteiger partial charge in [0, 0.05) is 5.56 Å². The molecule has 0 aliphatic rings. The van der Waals surface area contributed by atoms with Crippen LogP contribution in [0.3, 0.4) is 0 Å². The molecule has 2 atom stereocenters. The van der Waals surface area contributed by atoms with Crippen LogP contribution in [0.1, 0.15) is 37.0 Å². The number of rotatable bonds is 7. The quantitative estimate of drug-likeness (QED) is 0.590. The fraction of sp³-hybridized carbons (Fsp3) is 0.467. The summed E-state index contributed by atoms with van der Waals surface area (Å²) >= 11 is 0. The minimum atomic E-state index is -1.00. The number of carboxylic acid groups (broad SMARTS) is 1. The molecule has 0 bridgehead atoms. The summed E-state index contributed by atoms with van der Waals surface area (Å²) in [5, 5.41) is 9.22. The summed E-state index contributed by atoms with van der Waals surface area (Å²) in [6.07, 6.45) is 1.17. The maximum absolute atomic E-state index is 12.1. The van der Waals surface area contributed by atoms with Gasteiger partial charge in [-0.3, -0.25) is 9.59 Å². The summed E-state index contributed by atoms with van der Waals surface area (Å²) in [4.78, 5) is 23.4. The number of ketones is 1. The van der Waals surface area contributed by atoms with Gasteiger partial charge in [0.05, 0.1) is 12.0 Å². The second kappa shape index (κ2) is 9.29. The van der Waals surface area contributed by atoms with Gasteiger partial charge in [-0.2, -0.15) is 0 Å². The van der Waals surface area contributed by atoms with Gasteiger partial charge in [0.15, 0.2) is 5.78 Å². The first kappa shape index (κ1) is 19.3. The van der Waals surface area contributed by atoms with Gasteiger partial charge in [0.25, 0.3) is 0 Å². The summed E-state index contributed by atoms with van der Waals surface area (Å²) in [5.41, 5.74) is 6.31. The zero-order chi connectivity index (χ0) is 14.4. The maximum atomic E-state index is 12.1. The minimum absolute atomic E-state index is 0. The summed E-state index contributed by atoms with van der Waals surface area (Å²) in [6, 6.07) is 7.61. The first-order valence-corrected chi connectivity index (χ1v) is 6.51. The average Bonchev–Trinajstić information content (AvgIpc) is 2.38. The summed E-state index contributed by atoms with van der Waals surface area (Å²) < 4.78 is 0. The Morgan fingerprint density at radius 1 is 1.15 bits per heavy atom. The number of hydrogen-bond donors (Lipinski definition) is 2. The molecule has 3 N–H and O–H groups in total. The van der Waals surface area contributed by atoms with Crippen LogP contribution in [-0.2, 0) is 4.79 Å². The molecule has 0 aliphatic carbocycles. The molecule has 1 rings (SSSR count). The predicted octanol–water partition coefficient (Wildman–Crippen LogP) is 1.69. The Hall–Kier alpha value is -0.680. The van der Waals surface area contributed by atoms with E-state index in [1.165, 1.54) is 0 Å². The topological polar surface area (TPSA) is 80.4 Å². The standard InChI is InChI=1S/C15H21NO3.Na.H/c1-10(2)8-9-12(15(18)19)13(16)14(17)11-6-4-3-5-7-11;;/h3-7,10,12-13H,8-9,16H2,1-2H3,(H,18,19);;. The third-order valence-corrected chi connectivity index (χ3v) is 3.17. The Labute approximate surface area is 142 Å². The molecule has 5 heteroatoms. The molecule has 106 valence electrons. The van der Waals surface area contributed by atoms with Gasteiger partial charge in [-0.25, -0.2) is 0 Å². The molecule has 0 radical (unpaired) electrons. The van der Waals surface area contributed by atoms with E-state index in [4.69, 9.17) is 5.73 Å². The number of carbonyl (C=O) groups is 2. The zero-order valence-electron chi connectivity index (χ0n) is 11.4. The van der Waals surface area contributed by atoms with Crippen molar-refractivity contribution in [2.45, 2.75) is 32.7 Å². The molecule has 0 saturated carbocycles. The summed E-state index contributed by atoms with van der Waals surface area (Å²) in [5.74, 6) is -1.75. The zero-order valence-corrected chi connectivity index (χ0v) is 11.4. The van der Waals surface area contributed by atoms with Gasteiger partial charge in [0.1, 0.15) is 0 Å². The van der Waals surface area contributed by atoms with Crippen LogP contribution in [0.5, 0.6) is 0 Å². The number of Topliss-reactive ketones (excluding diaryl/α,β-unsaturated/α-hetero) is 1. The third-order valence-electron chi connectivity index (χ3n) is 3.17. The van der Waals surface area contributed by atoms with Gasteiger partial charge in [-0.05, 0) is 12.3 Å². The van der Waals surface area contributed by atoms with Crippen LogP contribution < -0.4 is 5.73 Å². The van der Waals surface area contributed by atoms with Gasteiger partial charge in [0.2, 0.25) is 0 Å². The van der Waals surface area contributed by atoms with Gasteiger partial charge in [-0.15, -0.1) is 0 Å². The van der Waals surface area contributed by atoms with Gasteiger partial charge < -0.3 is 10.8 Å². The van der Waals surface area contributed by atoms with Crippen LogP contribution in [0, 0.1) is 11.8 Å². The van der Waals surface area contributed by atoms with Crippen LogP contribution in [0.4, 0.5) is 0 Å². The Morgan fingerprint density at radius 3 is 2.15 bits per heavy atom. The second-order valence-electron chi connectivity index (χ2n) is 5.17. The number of nitrogens with two attached hydrogens (primary N) is 1. The number of carbonyl (C=O) groups excluding carboxylic acids is 1. The molecule has 1 aromatic rings. The van der Waals surface area contributed by atoms with Crippen LogP contribution >= 0.6 is 0 Å². The third kappa shape index (κ3) is 5.75. The predicted molar refractivity (Wildman–Crippen MR) is 81.1 cm³/mol. The Bertz CT molecular complexity index is 434. The van der Waals surface area contributed by atoms with Crippen molar-refractivity contribution in [3.63, 3.8) is 0 Å². The molecule has 4 nitrogen and oxygen atoms in total. The van der Waals surface area contributed by atoms with Crippen LogP contribution in [-0.4, -0.2) is 52.5 Å². The van der Waals surface area contributed by atoms with Crippen LogP contribution in [0.25, 0.3) is 0 Å². The van der Waals surface area contributed by atoms with Crippen molar-refractivity contribution in [2.24, 2.45) is 17.6 Å². The molecular formula is C15H22NNaO3. The van der Waals surface area contributed by atoms with Gasteiger partial charge in [-0.1, -0.05) is 50.6 Å². The van der Waals surface area contributed by atoms with E-state index >= 15 is 0 Å². The SMILES string of the molecule is CC(C)CCC(C(=O)O)C(N)C(=O)c1ccccc1.[NaH]. The van der Waals surface area contributed by atoms with Crippen molar-refractivity contribution < 1.29 is 14.7 Å². The summed E-state index contributed by atoms with van der Waals surface area (Å²) in [6.45, 7) is 4.03. The first-order valence-electron chi connectivity index (χ1n) is 6.51. The monoisotopic (exact) mass is 287 g/mol. The number of hydrogen-bond acceptors (Lipinski definition) is 3. The molecule has 0 amide bonds. The molecule has 1 aromatic carbocycles. The number of benzene rings is 1. The average molecular weight is 287 g/mol. The van der Waals surface area contributed by atoms with E-state index in [0.29, 0.717) is 17.9 Å². The van der Waals surface area contributed by atoms with E-state index < -0.39 is 17.9 Å². The molecule has 20 heavy (non-hydrogen) atoms. The second-order valence-corrected chi connectivity index (χ2v) is 5.17. The van der Waals surface area contributed by atoms with E-state index in [1.807, 2.05) is 13.8 Å². The van der Waals surface area contributed by atoms with Crippen molar-refractivity contribution >= 4 is 41.3 Å². The van der Waals surface area contributed by atoms with Gasteiger partial charge >= 0.3 is 35.5 Å². The molecule has 0 heterocycles. The number of aliphatic carboxylic acids is 1. The molecule has 0 saturated heterocycles. The van der Waals surface area contributed by atoms with Crippen LogP contribution in [0.2, 0.25) is 0 Å². The molecule has 2 unspecified atom stereocenters. The molecule has 0 aromatic heterocycles. The number of carboxylic acids is 1. The Kier molecular flexibility index (Phi) is 8.98. The fourth-order valence-electron chi connectivity index (χ4n) is 1.95. The van der Waals surface area contributed by atoms with Crippen molar-refractivity contribution in [2.75, 3.05) is 0 Å². The van der Waals surface area contributed by atoms with E-state index in [1.54, 1.807) is 30.3 Å². The van der Waals surface area contributed by atoms with E-state index in [2.05, 4.69) is 0 Å². The molecule has 0 fully saturated rings. The van der Waals surface area contributed by atoms with Crippen molar-refractivity contribution in [3.8, 4) is 0 Å².